The number of hydrogen-bond donors (Lipinski definition) is 0. The molecule has 2 heterocycles. The van der Waals surface area contributed by atoms with Gasteiger partial charge in [-0.15, -0.1) is 0 Å². The number of carbonyl (C=O) groups excluding carboxylic acids is 2. The van der Waals surface area contributed by atoms with Crippen LogP contribution in [0.1, 0.15) is 92.4 Å². The molecule has 2 fully saturated rings. The molecule has 144 valence electrons. The fraction of sp³-hybridized carbons (Fsp3) is 0.905. The highest BCUT2D eigenvalue weighted by molar-refractivity contribution is 5.84. The number of Topliss-reactive ketones (excluding diaryl/α,β-unsaturated/α-hetero) is 1. The minimum Gasteiger partial charge on any atom is -0.466 e. The van der Waals surface area contributed by atoms with Crippen LogP contribution in [0, 0.1) is 11.3 Å². The maximum Gasteiger partial charge on any atom is 0.305 e. The zero-order valence-electron chi connectivity index (χ0n) is 16.8. The lowest BCUT2D eigenvalue weighted by Crippen LogP contribution is -2.27. The SMILES string of the molecule is CCC12CCOC(=O)CCC(C)(C)C(=O)CCC(C)CCCC1(C)O2. The lowest BCUT2D eigenvalue weighted by Gasteiger charge is -2.24. The summed E-state index contributed by atoms with van der Waals surface area (Å²) in [7, 11) is 0. The van der Waals surface area contributed by atoms with Crippen LogP contribution < -0.4 is 0 Å². The molecule has 2 saturated heterocycles. The maximum absolute atomic E-state index is 12.5. The van der Waals surface area contributed by atoms with Gasteiger partial charge in [-0.05, 0) is 38.5 Å². The van der Waals surface area contributed by atoms with Gasteiger partial charge in [0.15, 0.2) is 0 Å². The maximum atomic E-state index is 12.5. The summed E-state index contributed by atoms with van der Waals surface area (Å²) in [4.78, 5) is 24.5. The van der Waals surface area contributed by atoms with Crippen molar-refractivity contribution in [2.24, 2.45) is 11.3 Å². The normalized spacial score (nSPS) is 37.9. The van der Waals surface area contributed by atoms with E-state index in [1.54, 1.807) is 0 Å². The van der Waals surface area contributed by atoms with Gasteiger partial charge in [0.1, 0.15) is 11.4 Å². The number of hydrogen-bond acceptors (Lipinski definition) is 4. The first-order valence-electron chi connectivity index (χ1n) is 10.0. The Kier molecular flexibility index (Phi) is 6.35. The monoisotopic (exact) mass is 352 g/mol. The second kappa shape index (κ2) is 7.77. The zero-order chi connectivity index (χ0) is 18.7. The number of rotatable bonds is 1. The van der Waals surface area contributed by atoms with Crippen LogP contribution in [0.3, 0.4) is 0 Å². The second-order valence-corrected chi connectivity index (χ2v) is 8.99. The number of ketones is 1. The number of esters is 1. The third-order valence-electron chi connectivity index (χ3n) is 6.61. The van der Waals surface area contributed by atoms with Crippen LogP contribution in [-0.4, -0.2) is 29.6 Å². The molecule has 0 bridgehead atoms. The number of carbonyl (C=O) groups is 2. The van der Waals surface area contributed by atoms with E-state index in [0.717, 1.165) is 38.5 Å². The first kappa shape index (κ1) is 20.4. The molecule has 2 aliphatic heterocycles. The van der Waals surface area contributed by atoms with Crippen molar-refractivity contribution in [1.82, 2.24) is 0 Å². The molecule has 2 rings (SSSR count). The van der Waals surface area contributed by atoms with Crippen molar-refractivity contribution in [3.63, 3.8) is 0 Å². The van der Waals surface area contributed by atoms with Gasteiger partial charge in [0.25, 0.3) is 0 Å². The molecule has 3 unspecified atom stereocenters. The summed E-state index contributed by atoms with van der Waals surface area (Å²) in [6.07, 6.45) is 7.44. The summed E-state index contributed by atoms with van der Waals surface area (Å²) >= 11 is 0. The van der Waals surface area contributed by atoms with Gasteiger partial charge in [0, 0.05) is 24.7 Å². The predicted molar refractivity (Wildman–Crippen MR) is 98.4 cm³/mol. The fourth-order valence-corrected chi connectivity index (χ4v) is 4.23. The van der Waals surface area contributed by atoms with Crippen molar-refractivity contribution in [3.05, 3.63) is 0 Å². The summed E-state index contributed by atoms with van der Waals surface area (Å²) in [5.74, 6) is 0.618. The lowest BCUT2D eigenvalue weighted by atomic mass is 9.80. The molecule has 25 heavy (non-hydrogen) atoms. The average Bonchev–Trinajstić information content (AvgIpc) is 3.14. The Labute approximate surface area is 153 Å². The Morgan fingerprint density at radius 3 is 2.44 bits per heavy atom. The number of epoxide rings is 1. The predicted octanol–water partition coefficient (Wildman–Crippen LogP) is 4.83. The number of cyclic esters (lactones) is 1. The molecule has 4 nitrogen and oxygen atoms in total. The van der Waals surface area contributed by atoms with Crippen molar-refractivity contribution in [3.8, 4) is 0 Å². The third-order valence-corrected chi connectivity index (χ3v) is 6.61. The van der Waals surface area contributed by atoms with Crippen LogP contribution in [0.5, 0.6) is 0 Å². The standard InChI is InChI=1S/C21H36O4/c1-6-21-14-15-24-18(23)11-13-19(3,4)17(22)10-9-16(2)8-7-12-20(21,5)25-21/h16H,6-15H2,1-5H3. The molecule has 2 aliphatic rings. The molecule has 4 heteroatoms. The summed E-state index contributed by atoms with van der Waals surface area (Å²) in [5.41, 5.74) is -0.649. The van der Waals surface area contributed by atoms with Gasteiger partial charge in [-0.3, -0.25) is 9.59 Å². The van der Waals surface area contributed by atoms with E-state index in [4.69, 9.17) is 9.47 Å². The molecule has 0 spiro atoms. The van der Waals surface area contributed by atoms with E-state index in [2.05, 4.69) is 20.8 Å². The van der Waals surface area contributed by atoms with Gasteiger partial charge < -0.3 is 9.47 Å². The highest BCUT2D eigenvalue weighted by Gasteiger charge is 2.64. The molecule has 0 aliphatic carbocycles. The van der Waals surface area contributed by atoms with Crippen molar-refractivity contribution < 1.29 is 19.1 Å². The fourth-order valence-electron chi connectivity index (χ4n) is 4.23. The van der Waals surface area contributed by atoms with E-state index in [0.29, 0.717) is 31.8 Å². The van der Waals surface area contributed by atoms with Crippen LogP contribution >= 0.6 is 0 Å². The summed E-state index contributed by atoms with van der Waals surface area (Å²) in [6, 6.07) is 0. The minimum atomic E-state index is -0.446. The molecule has 0 amide bonds. The zero-order valence-corrected chi connectivity index (χ0v) is 16.8. The van der Waals surface area contributed by atoms with Gasteiger partial charge >= 0.3 is 5.97 Å². The van der Waals surface area contributed by atoms with Crippen molar-refractivity contribution in [2.45, 2.75) is 104 Å². The van der Waals surface area contributed by atoms with Crippen LogP contribution in [-0.2, 0) is 19.1 Å². The molecule has 0 aromatic carbocycles. The first-order chi connectivity index (χ1) is 11.6. The van der Waals surface area contributed by atoms with Crippen molar-refractivity contribution >= 4 is 11.8 Å². The highest BCUT2D eigenvalue weighted by atomic mass is 16.6. The van der Waals surface area contributed by atoms with Gasteiger partial charge in [0.05, 0.1) is 12.2 Å². The van der Waals surface area contributed by atoms with Crippen LogP contribution in [0.4, 0.5) is 0 Å². The number of fused-ring (bicyclic) bond motifs is 1. The number of ether oxygens (including phenoxy) is 2. The lowest BCUT2D eigenvalue weighted by molar-refractivity contribution is -0.145. The van der Waals surface area contributed by atoms with Gasteiger partial charge in [-0.25, -0.2) is 0 Å². The smallest absolute Gasteiger partial charge is 0.305 e. The molecule has 3 atom stereocenters. The van der Waals surface area contributed by atoms with E-state index >= 15 is 0 Å². The first-order valence-corrected chi connectivity index (χ1v) is 10.0. The van der Waals surface area contributed by atoms with Crippen LogP contribution in [0.2, 0.25) is 0 Å². The summed E-state index contributed by atoms with van der Waals surface area (Å²) in [5, 5.41) is 0. The largest absolute Gasteiger partial charge is 0.466 e. The quantitative estimate of drug-likeness (QED) is 0.501. The highest BCUT2D eigenvalue weighted by Crippen LogP contribution is 2.55. The average molecular weight is 353 g/mol. The molecule has 0 aromatic rings. The van der Waals surface area contributed by atoms with E-state index < -0.39 is 5.41 Å². The Hall–Kier alpha value is -0.900. The van der Waals surface area contributed by atoms with E-state index in [1.807, 2.05) is 13.8 Å². The topological polar surface area (TPSA) is 55.9 Å². The Morgan fingerprint density at radius 2 is 1.76 bits per heavy atom. The minimum absolute atomic E-state index is 0.0806. The Bertz CT molecular complexity index is 498. The summed E-state index contributed by atoms with van der Waals surface area (Å²) in [6.45, 7) is 10.9. The molecule has 0 saturated carbocycles. The van der Waals surface area contributed by atoms with Gasteiger partial charge in [-0.1, -0.05) is 40.5 Å². The molecule has 0 N–H and O–H groups in total. The second-order valence-electron chi connectivity index (χ2n) is 8.99. The molecular formula is C21H36O4. The molecule has 0 aromatic heterocycles. The van der Waals surface area contributed by atoms with E-state index in [9.17, 15) is 9.59 Å². The molecular weight excluding hydrogens is 316 g/mol. The van der Waals surface area contributed by atoms with Crippen LogP contribution in [0.15, 0.2) is 0 Å². The van der Waals surface area contributed by atoms with Gasteiger partial charge in [-0.2, -0.15) is 0 Å². The van der Waals surface area contributed by atoms with Crippen molar-refractivity contribution in [2.75, 3.05) is 6.61 Å². The molecule has 0 radical (unpaired) electrons. The van der Waals surface area contributed by atoms with E-state index in [-0.39, 0.29) is 23.0 Å². The van der Waals surface area contributed by atoms with Crippen LogP contribution in [0.25, 0.3) is 0 Å². The summed E-state index contributed by atoms with van der Waals surface area (Å²) < 4.78 is 11.6. The Balaban J connectivity index is 2.01. The van der Waals surface area contributed by atoms with E-state index in [1.165, 1.54) is 0 Å². The van der Waals surface area contributed by atoms with Crippen molar-refractivity contribution in [1.29, 1.82) is 0 Å². The van der Waals surface area contributed by atoms with Gasteiger partial charge in [0.2, 0.25) is 0 Å². The third kappa shape index (κ3) is 4.84. The Morgan fingerprint density at radius 1 is 1.04 bits per heavy atom.